The van der Waals surface area contributed by atoms with Gasteiger partial charge in [0, 0.05) is 17.5 Å². The van der Waals surface area contributed by atoms with Crippen molar-refractivity contribution >= 4 is 33.3 Å². The summed E-state index contributed by atoms with van der Waals surface area (Å²) in [4.78, 5) is 24.4. The van der Waals surface area contributed by atoms with E-state index in [1.54, 1.807) is 23.5 Å². The minimum absolute atomic E-state index is 0.0373. The number of nitrogens with two attached hydrogens (primary N) is 1. The summed E-state index contributed by atoms with van der Waals surface area (Å²) in [6.07, 6.45) is 9.41. The van der Waals surface area contributed by atoms with E-state index in [0.717, 1.165) is 21.5 Å². The first-order chi connectivity index (χ1) is 10.2. The summed E-state index contributed by atoms with van der Waals surface area (Å²) < 4.78 is 0. The van der Waals surface area contributed by atoms with Crippen LogP contribution in [0.5, 0.6) is 0 Å². The van der Waals surface area contributed by atoms with E-state index in [2.05, 4.69) is 9.97 Å². The van der Waals surface area contributed by atoms with Gasteiger partial charge in [0.15, 0.2) is 0 Å². The third-order valence-corrected chi connectivity index (χ3v) is 4.65. The number of thiophene rings is 1. The summed E-state index contributed by atoms with van der Waals surface area (Å²) >= 11 is 1.60. The van der Waals surface area contributed by atoms with Gasteiger partial charge < -0.3 is 10.6 Å². The van der Waals surface area contributed by atoms with Crippen LogP contribution < -0.4 is 5.73 Å². The van der Waals surface area contributed by atoms with E-state index >= 15 is 0 Å². The van der Waals surface area contributed by atoms with Crippen molar-refractivity contribution in [3.05, 3.63) is 41.1 Å². The molecule has 0 spiro atoms. The predicted molar refractivity (Wildman–Crippen MR) is 84.9 cm³/mol. The summed E-state index contributed by atoms with van der Waals surface area (Å²) in [5.41, 5.74) is 7.16. The third kappa shape index (κ3) is 2.54. The second-order valence-corrected chi connectivity index (χ2v) is 5.92. The van der Waals surface area contributed by atoms with Gasteiger partial charge in [-0.1, -0.05) is 18.2 Å². The lowest BCUT2D eigenvalue weighted by Crippen LogP contribution is -2.34. The Balaban J connectivity index is 1.88. The maximum absolute atomic E-state index is 12.1. The fourth-order valence-corrected chi connectivity index (χ4v) is 3.71. The lowest BCUT2D eigenvalue weighted by atomic mass is 10.0. The number of allylic oxidation sites excluding steroid dienone is 3. The van der Waals surface area contributed by atoms with E-state index in [-0.39, 0.29) is 5.91 Å². The van der Waals surface area contributed by atoms with E-state index in [0.29, 0.717) is 18.9 Å². The summed E-state index contributed by atoms with van der Waals surface area (Å²) in [7, 11) is 0. The molecule has 0 saturated carbocycles. The number of nitrogens with zero attached hydrogens (tertiary/aromatic N) is 3. The average molecular weight is 300 g/mol. The SMILES string of the molecule is C/C=C/C=C/C(=O)N1CCc2c(sc3ncnc(N)c23)C1. The number of hydrogen-bond acceptors (Lipinski definition) is 5. The molecule has 108 valence electrons. The number of carbonyl (C=O) groups is 1. The molecule has 0 unspecified atom stereocenters. The Labute approximate surface area is 126 Å². The first kappa shape index (κ1) is 13.8. The average Bonchev–Trinajstić information content (AvgIpc) is 2.86. The van der Waals surface area contributed by atoms with Crippen molar-refractivity contribution in [2.24, 2.45) is 0 Å². The van der Waals surface area contributed by atoms with Crippen LogP contribution in [0.2, 0.25) is 0 Å². The molecule has 6 heteroatoms. The Morgan fingerprint density at radius 3 is 3.10 bits per heavy atom. The molecule has 2 N–H and O–H groups in total. The van der Waals surface area contributed by atoms with Gasteiger partial charge in [-0.2, -0.15) is 0 Å². The molecule has 21 heavy (non-hydrogen) atoms. The Morgan fingerprint density at radius 1 is 1.43 bits per heavy atom. The van der Waals surface area contributed by atoms with E-state index < -0.39 is 0 Å². The number of carbonyl (C=O) groups excluding carboxylic acids is 1. The van der Waals surface area contributed by atoms with Crippen LogP contribution in [0.1, 0.15) is 17.4 Å². The standard InChI is InChI=1S/C15H16N4OS/c1-2-3-4-5-12(20)19-7-6-10-11(8-19)21-15-13(10)14(16)17-9-18-15/h2-5,9H,6-8H2,1H3,(H2,16,17,18)/b3-2+,5-4+. The highest BCUT2D eigenvalue weighted by atomic mass is 32.1. The normalized spacial score (nSPS) is 15.2. The van der Waals surface area contributed by atoms with Gasteiger partial charge >= 0.3 is 0 Å². The number of rotatable bonds is 2. The minimum atomic E-state index is 0.0373. The van der Waals surface area contributed by atoms with Crippen molar-refractivity contribution in [3.63, 3.8) is 0 Å². The Hall–Kier alpha value is -2.21. The monoisotopic (exact) mass is 300 g/mol. The smallest absolute Gasteiger partial charge is 0.246 e. The highest BCUT2D eigenvalue weighted by Crippen LogP contribution is 2.36. The van der Waals surface area contributed by atoms with E-state index in [1.165, 1.54) is 11.9 Å². The van der Waals surface area contributed by atoms with Crippen LogP contribution in [-0.2, 0) is 17.8 Å². The van der Waals surface area contributed by atoms with Gasteiger partial charge in [-0.3, -0.25) is 4.79 Å². The van der Waals surface area contributed by atoms with E-state index in [1.807, 2.05) is 24.0 Å². The van der Waals surface area contributed by atoms with Gasteiger partial charge in [-0.15, -0.1) is 11.3 Å². The summed E-state index contributed by atoms with van der Waals surface area (Å²) in [5, 5.41) is 0.967. The lowest BCUT2D eigenvalue weighted by molar-refractivity contribution is -0.126. The number of hydrogen-bond donors (Lipinski definition) is 1. The van der Waals surface area contributed by atoms with E-state index in [9.17, 15) is 4.79 Å². The number of nitrogen functional groups attached to an aromatic ring is 1. The van der Waals surface area contributed by atoms with Crippen LogP contribution in [-0.4, -0.2) is 27.3 Å². The van der Waals surface area contributed by atoms with Crippen molar-refractivity contribution in [1.29, 1.82) is 0 Å². The zero-order chi connectivity index (χ0) is 14.8. The molecule has 0 aromatic carbocycles. The molecular weight excluding hydrogens is 284 g/mol. The van der Waals surface area contributed by atoms with Gasteiger partial charge in [0.25, 0.3) is 0 Å². The zero-order valence-corrected chi connectivity index (χ0v) is 12.6. The third-order valence-electron chi connectivity index (χ3n) is 3.52. The molecule has 3 heterocycles. The topological polar surface area (TPSA) is 72.1 Å². The van der Waals surface area contributed by atoms with Crippen molar-refractivity contribution < 1.29 is 4.79 Å². The van der Waals surface area contributed by atoms with Crippen LogP contribution in [0, 0.1) is 0 Å². The second kappa shape index (κ2) is 5.65. The van der Waals surface area contributed by atoms with E-state index in [4.69, 9.17) is 5.73 Å². The van der Waals surface area contributed by atoms with Crippen LogP contribution in [0.3, 0.4) is 0 Å². The zero-order valence-electron chi connectivity index (χ0n) is 11.7. The molecule has 0 atom stereocenters. The molecule has 1 aliphatic rings. The molecule has 0 fully saturated rings. The molecule has 0 radical (unpaired) electrons. The van der Waals surface area contributed by atoms with Crippen molar-refractivity contribution in [3.8, 4) is 0 Å². The maximum atomic E-state index is 12.1. The molecule has 0 saturated heterocycles. The molecule has 2 aromatic heterocycles. The van der Waals surface area contributed by atoms with Gasteiger partial charge in [-0.05, 0) is 18.9 Å². The fraction of sp³-hybridized carbons (Fsp3) is 0.267. The van der Waals surface area contributed by atoms with Gasteiger partial charge in [0.2, 0.25) is 5.91 Å². The first-order valence-corrected chi connectivity index (χ1v) is 7.61. The summed E-state index contributed by atoms with van der Waals surface area (Å²) in [6.45, 7) is 3.24. The van der Waals surface area contributed by atoms with Crippen molar-refractivity contribution in [1.82, 2.24) is 14.9 Å². The van der Waals surface area contributed by atoms with Crippen LogP contribution in [0.25, 0.3) is 10.2 Å². The fourth-order valence-electron chi connectivity index (χ4n) is 2.49. The molecule has 3 rings (SSSR count). The Kier molecular flexibility index (Phi) is 3.70. The van der Waals surface area contributed by atoms with Crippen LogP contribution in [0.4, 0.5) is 5.82 Å². The van der Waals surface area contributed by atoms with Crippen molar-refractivity contribution in [2.45, 2.75) is 19.9 Å². The number of anilines is 1. The molecule has 0 bridgehead atoms. The number of fused-ring (bicyclic) bond motifs is 3. The summed E-state index contributed by atoms with van der Waals surface area (Å²) in [5.74, 6) is 0.570. The molecule has 0 aliphatic carbocycles. The molecule has 2 aromatic rings. The number of amides is 1. The van der Waals surface area contributed by atoms with Crippen molar-refractivity contribution in [2.75, 3.05) is 12.3 Å². The predicted octanol–water partition coefficient (Wildman–Crippen LogP) is 2.29. The molecule has 1 aliphatic heterocycles. The maximum Gasteiger partial charge on any atom is 0.246 e. The first-order valence-electron chi connectivity index (χ1n) is 6.79. The second-order valence-electron chi connectivity index (χ2n) is 4.84. The van der Waals surface area contributed by atoms with Gasteiger partial charge in [0.05, 0.1) is 11.9 Å². The Morgan fingerprint density at radius 2 is 2.29 bits per heavy atom. The Bertz CT molecular complexity index is 747. The minimum Gasteiger partial charge on any atom is -0.383 e. The number of aromatic nitrogens is 2. The molecular formula is C15H16N4OS. The largest absolute Gasteiger partial charge is 0.383 e. The highest BCUT2D eigenvalue weighted by Gasteiger charge is 2.24. The molecule has 5 nitrogen and oxygen atoms in total. The highest BCUT2D eigenvalue weighted by molar-refractivity contribution is 7.19. The quantitative estimate of drug-likeness (QED) is 0.682. The van der Waals surface area contributed by atoms with Gasteiger partial charge in [0.1, 0.15) is 17.0 Å². The molecule has 1 amide bonds. The summed E-state index contributed by atoms with van der Waals surface area (Å²) in [6, 6.07) is 0. The van der Waals surface area contributed by atoms with Crippen LogP contribution in [0.15, 0.2) is 30.6 Å². The van der Waals surface area contributed by atoms with Crippen LogP contribution >= 0.6 is 11.3 Å². The van der Waals surface area contributed by atoms with Gasteiger partial charge in [-0.25, -0.2) is 9.97 Å². The lowest BCUT2D eigenvalue weighted by Gasteiger charge is -2.25.